The van der Waals surface area contributed by atoms with Crippen LogP contribution in [0.15, 0.2) is 24.3 Å². The van der Waals surface area contributed by atoms with Crippen molar-refractivity contribution in [3.63, 3.8) is 0 Å². The van der Waals surface area contributed by atoms with E-state index in [4.69, 9.17) is 4.74 Å². The minimum absolute atomic E-state index is 0.0799. The summed E-state index contributed by atoms with van der Waals surface area (Å²) in [4.78, 5) is 13.7. The summed E-state index contributed by atoms with van der Waals surface area (Å²) in [5, 5.41) is 3.35. The van der Waals surface area contributed by atoms with Crippen molar-refractivity contribution in [1.29, 1.82) is 0 Å². The van der Waals surface area contributed by atoms with Gasteiger partial charge in [0.15, 0.2) is 0 Å². The molecule has 4 nitrogen and oxygen atoms in total. The van der Waals surface area contributed by atoms with Crippen LogP contribution in [0.5, 0.6) is 0 Å². The molecule has 108 valence electrons. The lowest BCUT2D eigenvalue weighted by atomic mass is 9.92. The Morgan fingerprint density at radius 2 is 2.20 bits per heavy atom. The molecule has 2 aliphatic heterocycles. The van der Waals surface area contributed by atoms with Gasteiger partial charge in [-0.1, -0.05) is 6.07 Å². The Morgan fingerprint density at radius 3 is 3.05 bits per heavy atom. The number of benzene rings is 1. The first kappa shape index (κ1) is 13.5. The van der Waals surface area contributed by atoms with Crippen molar-refractivity contribution >= 4 is 11.6 Å². The molecule has 1 spiro atoms. The molecule has 2 aliphatic rings. The van der Waals surface area contributed by atoms with Crippen LogP contribution in [-0.4, -0.2) is 37.7 Å². The van der Waals surface area contributed by atoms with E-state index in [-0.39, 0.29) is 23.9 Å². The maximum atomic E-state index is 13.4. The monoisotopic (exact) mass is 278 g/mol. The highest BCUT2D eigenvalue weighted by atomic mass is 19.1. The van der Waals surface area contributed by atoms with Gasteiger partial charge in [0.2, 0.25) is 0 Å². The third kappa shape index (κ3) is 2.69. The predicted molar refractivity (Wildman–Crippen MR) is 74.2 cm³/mol. The van der Waals surface area contributed by atoms with Crippen LogP contribution in [0.2, 0.25) is 0 Å². The second-order valence-electron chi connectivity index (χ2n) is 5.53. The number of anilines is 1. The molecule has 0 bridgehead atoms. The molecule has 1 atom stereocenters. The van der Waals surface area contributed by atoms with Gasteiger partial charge in [0.1, 0.15) is 12.4 Å². The van der Waals surface area contributed by atoms with Crippen molar-refractivity contribution in [3.8, 4) is 0 Å². The van der Waals surface area contributed by atoms with E-state index in [1.165, 1.54) is 12.1 Å². The fourth-order valence-corrected chi connectivity index (χ4v) is 3.00. The molecule has 1 N–H and O–H groups in total. The zero-order chi connectivity index (χ0) is 14.0. The maximum Gasteiger partial charge on any atom is 0.253 e. The second-order valence-corrected chi connectivity index (χ2v) is 5.53. The molecule has 0 aliphatic carbocycles. The number of halogens is 1. The molecule has 0 radical (unpaired) electrons. The van der Waals surface area contributed by atoms with Gasteiger partial charge in [-0.3, -0.25) is 4.79 Å². The van der Waals surface area contributed by atoms with E-state index in [0.29, 0.717) is 12.2 Å². The van der Waals surface area contributed by atoms with Crippen LogP contribution in [0.4, 0.5) is 10.1 Å². The predicted octanol–water partition coefficient (Wildman–Crippen LogP) is 1.70. The maximum absolute atomic E-state index is 13.4. The number of hydrogen-bond donors (Lipinski definition) is 1. The Labute approximate surface area is 117 Å². The van der Waals surface area contributed by atoms with E-state index in [1.807, 2.05) is 0 Å². The Bertz CT molecular complexity index is 498. The minimum Gasteiger partial charge on any atom is -0.363 e. The molecular formula is C15H19FN2O2. The molecule has 1 amide bonds. The minimum atomic E-state index is -0.321. The van der Waals surface area contributed by atoms with Crippen molar-refractivity contribution in [2.45, 2.75) is 24.9 Å². The SMILES string of the molecule is O=C1COC2(CCCNCC2)CN1c1cccc(F)c1. The third-order valence-corrected chi connectivity index (χ3v) is 4.11. The summed E-state index contributed by atoms with van der Waals surface area (Å²) in [5.41, 5.74) is 0.332. The van der Waals surface area contributed by atoms with E-state index >= 15 is 0 Å². The number of amides is 1. The summed E-state index contributed by atoms with van der Waals surface area (Å²) in [6, 6.07) is 6.20. The van der Waals surface area contributed by atoms with E-state index in [0.717, 1.165) is 32.4 Å². The largest absolute Gasteiger partial charge is 0.363 e. The molecule has 5 heteroatoms. The number of nitrogens with zero attached hydrogens (tertiary/aromatic N) is 1. The van der Waals surface area contributed by atoms with Crippen LogP contribution >= 0.6 is 0 Å². The molecule has 20 heavy (non-hydrogen) atoms. The number of hydrogen-bond acceptors (Lipinski definition) is 3. The van der Waals surface area contributed by atoms with E-state index in [2.05, 4.69) is 5.32 Å². The lowest BCUT2D eigenvalue weighted by Gasteiger charge is -2.42. The quantitative estimate of drug-likeness (QED) is 0.850. The fraction of sp³-hybridized carbons (Fsp3) is 0.533. The van der Waals surface area contributed by atoms with Crippen molar-refractivity contribution < 1.29 is 13.9 Å². The molecule has 3 rings (SSSR count). The Balaban J connectivity index is 1.84. The van der Waals surface area contributed by atoms with Crippen LogP contribution < -0.4 is 10.2 Å². The number of carbonyl (C=O) groups excluding carboxylic acids is 1. The molecule has 0 aromatic heterocycles. The Hall–Kier alpha value is -1.46. The molecule has 1 aromatic carbocycles. The molecule has 0 saturated carbocycles. The van der Waals surface area contributed by atoms with Crippen molar-refractivity contribution in [3.05, 3.63) is 30.1 Å². The van der Waals surface area contributed by atoms with Gasteiger partial charge < -0.3 is 15.0 Å². The summed E-state index contributed by atoms with van der Waals surface area (Å²) in [5.74, 6) is -0.420. The van der Waals surface area contributed by atoms with Gasteiger partial charge in [-0.05, 0) is 50.6 Å². The van der Waals surface area contributed by atoms with Gasteiger partial charge in [-0.15, -0.1) is 0 Å². The van der Waals surface area contributed by atoms with E-state index in [1.54, 1.807) is 17.0 Å². The van der Waals surface area contributed by atoms with Crippen LogP contribution in [0.25, 0.3) is 0 Å². The number of nitrogens with one attached hydrogen (secondary N) is 1. The van der Waals surface area contributed by atoms with Crippen LogP contribution in [0.3, 0.4) is 0 Å². The van der Waals surface area contributed by atoms with Crippen LogP contribution in [-0.2, 0) is 9.53 Å². The summed E-state index contributed by atoms with van der Waals surface area (Å²) in [6.07, 6.45) is 2.84. The molecule has 2 heterocycles. The van der Waals surface area contributed by atoms with Gasteiger partial charge in [0.05, 0.1) is 12.1 Å². The normalized spacial score (nSPS) is 27.6. The average Bonchev–Trinajstić information content (AvgIpc) is 2.68. The van der Waals surface area contributed by atoms with Crippen molar-refractivity contribution in [2.75, 3.05) is 31.1 Å². The molecular weight excluding hydrogens is 259 g/mol. The topological polar surface area (TPSA) is 41.6 Å². The van der Waals surface area contributed by atoms with Crippen LogP contribution in [0.1, 0.15) is 19.3 Å². The lowest BCUT2D eigenvalue weighted by molar-refractivity contribution is -0.139. The van der Waals surface area contributed by atoms with Gasteiger partial charge in [0, 0.05) is 5.69 Å². The highest BCUT2D eigenvalue weighted by molar-refractivity contribution is 5.95. The highest BCUT2D eigenvalue weighted by Gasteiger charge is 2.40. The summed E-state index contributed by atoms with van der Waals surface area (Å²) in [6.45, 7) is 2.47. The number of morpholine rings is 1. The van der Waals surface area contributed by atoms with Crippen LogP contribution in [0, 0.1) is 5.82 Å². The summed E-state index contributed by atoms with van der Waals surface area (Å²) in [7, 11) is 0. The van der Waals surface area contributed by atoms with Gasteiger partial charge in [-0.2, -0.15) is 0 Å². The molecule has 2 fully saturated rings. The van der Waals surface area contributed by atoms with Crippen molar-refractivity contribution in [1.82, 2.24) is 5.32 Å². The number of rotatable bonds is 1. The van der Waals surface area contributed by atoms with Gasteiger partial charge >= 0.3 is 0 Å². The standard InChI is InChI=1S/C15H19FN2O2/c16-12-3-1-4-13(9-12)18-11-15(20-10-14(18)19)5-2-7-17-8-6-15/h1,3-4,9,17H,2,5-8,10-11H2. The first-order valence-corrected chi connectivity index (χ1v) is 7.09. The number of ether oxygens (including phenoxy) is 1. The molecule has 1 aromatic rings. The zero-order valence-corrected chi connectivity index (χ0v) is 11.4. The third-order valence-electron chi connectivity index (χ3n) is 4.11. The lowest BCUT2D eigenvalue weighted by Crippen LogP contribution is -2.55. The first-order chi connectivity index (χ1) is 9.69. The van der Waals surface area contributed by atoms with Gasteiger partial charge in [0.25, 0.3) is 5.91 Å². The Kier molecular flexibility index (Phi) is 3.72. The first-order valence-electron chi connectivity index (χ1n) is 7.09. The Morgan fingerprint density at radius 1 is 1.30 bits per heavy atom. The fourth-order valence-electron chi connectivity index (χ4n) is 3.00. The second kappa shape index (κ2) is 5.50. The molecule has 2 saturated heterocycles. The highest BCUT2D eigenvalue weighted by Crippen LogP contribution is 2.31. The summed E-state index contributed by atoms with van der Waals surface area (Å²) < 4.78 is 19.2. The van der Waals surface area contributed by atoms with Crippen molar-refractivity contribution in [2.24, 2.45) is 0 Å². The smallest absolute Gasteiger partial charge is 0.253 e. The average molecular weight is 278 g/mol. The number of carbonyl (C=O) groups is 1. The van der Waals surface area contributed by atoms with E-state index in [9.17, 15) is 9.18 Å². The van der Waals surface area contributed by atoms with Gasteiger partial charge in [-0.25, -0.2) is 4.39 Å². The molecule has 1 unspecified atom stereocenters. The summed E-state index contributed by atoms with van der Waals surface area (Å²) >= 11 is 0. The van der Waals surface area contributed by atoms with E-state index < -0.39 is 0 Å². The zero-order valence-electron chi connectivity index (χ0n) is 11.4.